The first-order chi connectivity index (χ1) is 15.5. The first kappa shape index (κ1) is 22.7. The molecule has 2 saturated heterocycles. The second kappa shape index (κ2) is 10.5. The quantitative estimate of drug-likeness (QED) is 0.678. The van der Waals surface area contributed by atoms with Crippen LogP contribution in [0.5, 0.6) is 0 Å². The van der Waals surface area contributed by atoms with Crippen molar-refractivity contribution in [2.24, 2.45) is 11.0 Å². The van der Waals surface area contributed by atoms with Gasteiger partial charge in [-0.15, -0.1) is 0 Å². The fraction of sp³-hybridized carbons (Fsp3) is 0.640. The van der Waals surface area contributed by atoms with Gasteiger partial charge in [-0.2, -0.15) is 5.10 Å². The van der Waals surface area contributed by atoms with E-state index in [1.165, 1.54) is 6.07 Å². The van der Waals surface area contributed by atoms with E-state index >= 15 is 0 Å². The fourth-order valence-corrected chi connectivity index (χ4v) is 5.37. The van der Waals surface area contributed by atoms with Gasteiger partial charge < -0.3 is 9.80 Å². The van der Waals surface area contributed by atoms with Gasteiger partial charge in [0.1, 0.15) is 5.82 Å². The van der Waals surface area contributed by atoms with Crippen molar-refractivity contribution >= 4 is 17.5 Å². The number of carbonyl (C=O) groups excluding carboxylic acids is 2. The van der Waals surface area contributed by atoms with Crippen molar-refractivity contribution in [3.63, 3.8) is 0 Å². The van der Waals surface area contributed by atoms with Gasteiger partial charge in [0.25, 0.3) is 0 Å². The van der Waals surface area contributed by atoms with Crippen molar-refractivity contribution in [2.45, 2.75) is 64.3 Å². The Morgan fingerprint density at radius 1 is 1.03 bits per heavy atom. The number of piperidine rings is 2. The maximum atomic E-state index is 14.1. The molecule has 0 spiro atoms. The topological polar surface area (TPSA) is 56.2 Å². The van der Waals surface area contributed by atoms with E-state index in [0.29, 0.717) is 24.4 Å². The van der Waals surface area contributed by atoms with Crippen molar-refractivity contribution in [1.29, 1.82) is 0 Å². The van der Waals surface area contributed by atoms with E-state index in [1.807, 2.05) is 21.7 Å². The molecule has 2 amide bonds. The first-order valence-electron chi connectivity index (χ1n) is 12.1. The van der Waals surface area contributed by atoms with Crippen LogP contribution in [0.25, 0.3) is 0 Å². The zero-order valence-electron chi connectivity index (χ0n) is 19.1. The summed E-state index contributed by atoms with van der Waals surface area (Å²) >= 11 is 0. The SMILES string of the molecule is CC1=NN(CCC(=O)N2CCC([C@H]3CCCCN3C(=O)Cc3ccccc3F)CC2)CC1. The molecule has 174 valence electrons. The summed E-state index contributed by atoms with van der Waals surface area (Å²) in [6.07, 6.45) is 6.64. The van der Waals surface area contributed by atoms with Crippen LogP contribution in [0.4, 0.5) is 4.39 Å². The van der Waals surface area contributed by atoms with E-state index in [1.54, 1.807) is 18.2 Å². The highest BCUT2D eigenvalue weighted by molar-refractivity contribution is 5.83. The highest BCUT2D eigenvalue weighted by Crippen LogP contribution is 2.31. The molecule has 0 unspecified atom stereocenters. The van der Waals surface area contributed by atoms with Gasteiger partial charge in [0.15, 0.2) is 0 Å². The number of carbonyl (C=O) groups is 2. The van der Waals surface area contributed by atoms with Crippen LogP contribution in [0.15, 0.2) is 29.4 Å². The lowest BCUT2D eigenvalue weighted by Crippen LogP contribution is -2.51. The lowest BCUT2D eigenvalue weighted by Gasteiger charge is -2.44. The van der Waals surface area contributed by atoms with Gasteiger partial charge in [-0.25, -0.2) is 4.39 Å². The Labute approximate surface area is 190 Å². The van der Waals surface area contributed by atoms with E-state index in [-0.39, 0.29) is 30.1 Å². The smallest absolute Gasteiger partial charge is 0.227 e. The van der Waals surface area contributed by atoms with Crippen molar-refractivity contribution in [2.75, 3.05) is 32.7 Å². The Bertz CT molecular complexity index is 850. The third-order valence-corrected chi connectivity index (χ3v) is 7.23. The van der Waals surface area contributed by atoms with Crippen LogP contribution in [-0.4, -0.2) is 71.1 Å². The van der Waals surface area contributed by atoms with Crippen LogP contribution in [0, 0.1) is 11.7 Å². The second-order valence-corrected chi connectivity index (χ2v) is 9.43. The van der Waals surface area contributed by atoms with Crippen LogP contribution in [0.2, 0.25) is 0 Å². The van der Waals surface area contributed by atoms with E-state index in [9.17, 15) is 14.0 Å². The third-order valence-electron chi connectivity index (χ3n) is 7.23. The molecular weight excluding hydrogens is 407 g/mol. The van der Waals surface area contributed by atoms with Crippen LogP contribution < -0.4 is 0 Å². The average molecular weight is 443 g/mol. The number of benzene rings is 1. The van der Waals surface area contributed by atoms with Crippen molar-refractivity contribution in [1.82, 2.24) is 14.8 Å². The number of nitrogens with zero attached hydrogens (tertiary/aromatic N) is 4. The summed E-state index contributed by atoms with van der Waals surface area (Å²) in [6.45, 7) is 5.92. The van der Waals surface area contributed by atoms with E-state index in [4.69, 9.17) is 0 Å². The van der Waals surface area contributed by atoms with Gasteiger partial charge >= 0.3 is 0 Å². The van der Waals surface area contributed by atoms with Crippen LogP contribution in [-0.2, 0) is 16.0 Å². The Morgan fingerprint density at radius 2 is 1.81 bits per heavy atom. The Hall–Kier alpha value is -2.44. The minimum Gasteiger partial charge on any atom is -0.343 e. The monoisotopic (exact) mass is 442 g/mol. The van der Waals surface area contributed by atoms with E-state index in [0.717, 1.165) is 70.4 Å². The zero-order valence-corrected chi connectivity index (χ0v) is 19.1. The maximum absolute atomic E-state index is 14.1. The van der Waals surface area contributed by atoms with E-state index < -0.39 is 0 Å². The molecule has 0 saturated carbocycles. The summed E-state index contributed by atoms with van der Waals surface area (Å²) < 4.78 is 14.1. The number of halogens is 1. The predicted octanol–water partition coefficient (Wildman–Crippen LogP) is 3.46. The molecule has 0 radical (unpaired) electrons. The highest BCUT2D eigenvalue weighted by atomic mass is 19.1. The molecule has 32 heavy (non-hydrogen) atoms. The lowest BCUT2D eigenvalue weighted by atomic mass is 9.83. The molecule has 6 nitrogen and oxygen atoms in total. The molecule has 0 N–H and O–H groups in total. The summed E-state index contributed by atoms with van der Waals surface area (Å²) in [6, 6.07) is 6.76. The molecule has 0 aliphatic carbocycles. The Balaban J connectivity index is 1.29. The second-order valence-electron chi connectivity index (χ2n) is 9.43. The third kappa shape index (κ3) is 5.48. The van der Waals surface area contributed by atoms with Gasteiger partial charge in [-0.05, 0) is 56.6 Å². The number of hydrazone groups is 1. The van der Waals surface area contributed by atoms with Crippen molar-refractivity contribution in [3.8, 4) is 0 Å². The average Bonchev–Trinajstić information content (AvgIpc) is 3.24. The lowest BCUT2D eigenvalue weighted by molar-refractivity contribution is -0.138. The Morgan fingerprint density at radius 3 is 2.53 bits per heavy atom. The predicted molar refractivity (Wildman–Crippen MR) is 123 cm³/mol. The molecule has 1 aromatic carbocycles. The number of hydrogen-bond acceptors (Lipinski definition) is 4. The Kier molecular flexibility index (Phi) is 7.43. The first-order valence-corrected chi connectivity index (χ1v) is 12.1. The molecule has 3 aliphatic rings. The largest absolute Gasteiger partial charge is 0.343 e. The normalized spacial score (nSPS) is 22.2. The van der Waals surface area contributed by atoms with Gasteiger partial charge in [0.05, 0.1) is 6.42 Å². The fourth-order valence-electron chi connectivity index (χ4n) is 5.37. The van der Waals surface area contributed by atoms with Crippen LogP contribution in [0.3, 0.4) is 0 Å². The molecule has 2 fully saturated rings. The summed E-state index contributed by atoms with van der Waals surface area (Å²) in [5.41, 5.74) is 1.61. The number of likely N-dealkylation sites (tertiary alicyclic amines) is 2. The molecule has 1 atom stereocenters. The zero-order chi connectivity index (χ0) is 22.5. The molecule has 0 bridgehead atoms. The summed E-state index contributed by atoms with van der Waals surface area (Å²) in [7, 11) is 0. The van der Waals surface area contributed by atoms with E-state index in [2.05, 4.69) is 5.10 Å². The van der Waals surface area contributed by atoms with Gasteiger partial charge in [0, 0.05) is 57.3 Å². The number of amides is 2. The van der Waals surface area contributed by atoms with Gasteiger partial charge in [-0.1, -0.05) is 18.2 Å². The standard InChI is InChI=1S/C25H35FN4O2/c1-19-9-16-29(27-19)17-12-24(31)28-14-10-20(11-15-28)23-8-4-5-13-30(23)25(32)18-21-6-2-3-7-22(21)26/h2-3,6-7,20,23H,4-5,8-18H2,1H3/t23-/m1/s1. The molecular formula is C25H35FN4O2. The molecule has 3 heterocycles. The molecule has 3 aliphatic heterocycles. The van der Waals surface area contributed by atoms with Crippen molar-refractivity contribution in [3.05, 3.63) is 35.6 Å². The minimum atomic E-state index is -0.309. The summed E-state index contributed by atoms with van der Waals surface area (Å²) in [5, 5.41) is 6.46. The molecule has 4 rings (SSSR count). The maximum Gasteiger partial charge on any atom is 0.227 e. The minimum absolute atomic E-state index is 0.0276. The summed E-state index contributed by atoms with van der Waals surface area (Å²) in [5.74, 6) is 0.338. The molecule has 0 aromatic heterocycles. The van der Waals surface area contributed by atoms with Crippen LogP contribution >= 0.6 is 0 Å². The highest BCUT2D eigenvalue weighted by Gasteiger charge is 2.35. The molecule has 7 heteroatoms. The summed E-state index contributed by atoms with van der Waals surface area (Å²) in [4.78, 5) is 29.7. The molecule has 1 aromatic rings. The van der Waals surface area contributed by atoms with Crippen LogP contribution in [0.1, 0.15) is 57.4 Å². The number of hydrogen-bond donors (Lipinski definition) is 0. The van der Waals surface area contributed by atoms with Crippen molar-refractivity contribution < 1.29 is 14.0 Å². The number of rotatable bonds is 6. The van der Waals surface area contributed by atoms with Gasteiger partial charge in [-0.3, -0.25) is 14.6 Å². The van der Waals surface area contributed by atoms with Gasteiger partial charge in [0.2, 0.25) is 11.8 Å².